The molecule has 0 radical (unpaired) electrons. The molecule has 0 saturated carbocycles. The summed E-state index contributed by atoms with van der Waals surface area (Å²) in [6, 6.07) is 42.0. The average molecular weight is 1050 g/mol. The highest BCUT2D eigenvalue weighted by Gasteiger charge is 2.37. The molecule has 75 heavy (non-hydrogen) atoms. The molecule has 0 bridgehead atoms. The summed E-state index contributed by atoms with van der Waals surface area (Å²) in [5.74, 6) is -0.633. The highest BCUT2D eigenvalue weighted by molar-refractivity contribution is 5.96. The normalized spacial score (nSPS) is 11.8. The zero-order chi connectivity index (χ0) is 52.8. The lowest BCUT2D eigenvalue weighted by molar-refractivity contribution is -0.137. The zero-order valence-electron chi connectivity index (χ0n) is 42.6. The van der Waals surface area contributed by atoms with Crippen LogP contribution in [0.5, 0.6) is 0 Å². The van der Waals surface area contributed by atoms with Crippen LogP contribution in [0.15, 0.2) is 140 Å². The Morgan fingerprint density at radius 3 is 1.01 bits per heavy atom. The van der Waals surface area contributed by atoms with Crippen molar-refractivity contribution in [1.82, 2.24) is 0 Å². The molecular formula is C57H72F3NO14. The van der Waals surface area contributed by atoms with Crippen molar-refractivity contribution in [2.24, 2.45) is 0 Å². The second-order valence-electron chi connectivity index (χ2n) is 16.2. The fourth-order valence-corrected chi connectivity index (χ4v) is 7.29. The number of benzene rings is 5. The highest BCUT2D eigenvalue weighted by Crippen LogP contribution is 2.40. The molecule has 0 saturated heterocycles. The molecule has 5 aromatic carbocycles. The van der Waals surface area contributed by atoms with Crippen molar-refractivity contribution in [1.29, 1.82) is 0 Å². The minimum absolute atomic E-state index is 0.00870. The number of alkyl halides is 3. The number of carbonyl (C=O) groups is 1. The fraction of sp³-hybridized carbons (Fsp3) is 0.456. The first kappa shape index (κ1) is 60.5. The quantitative estimate of drug-likeness (QED) is 0.0225. The van der Waals surface area contributed by atoms with Crippen molar-refractivity contribution in [3.63, 3.8) is 0 Å². The molecule has 0 amide bonds. The lowest BCUT2D eigenvalue weighted by Gasteiger charge is -2.36. The number of carbonyl (C=O) groups excluding carboxylic acids is 1. The number of para-hydroxylation sites is 1. The number of hydrogen-bond donors (Lipinski definition) is 1. The van der Waals surface area contributed by atoms with E-state index in [0.717, 1.165) is 28.8 Å². The maximum absolute atomic E-state index is 13.1. The van der Waals surface area contributed by atoms with E-state index in [1.54, 1.807) is 18.2 Å². The van der Waals surface area contributed by atoms with Gasteiger partial charge in [-0.2, -0.15) is 13.2 Å². The summed E-state index contributed by atoms with van der Waals surface area (Å²) < 4.78 is 113. The molecule has 0 aliphatic heterocycles. The number of hydrogen-bond acceptors (Lipinski definition) is 15. The molecule has 0 aromatic heterocycles. The number of ether oxygens (including phenoxy) is 13. The van der Waals surface area contributed by atoms with Crippen LogP contribution in [0.3, 0.4) is 0 Å². The molecule has 410 valence electrons. The van der Waals surface area contributed by atoms with Gasteiger partial charge < -0.3 is 66.9 Å². The van der Waals surface area contributed by atoms with Crippen LogP contribution in [0.2, 0.25) is 0 Å². The molecule has 0 fully saturated rings. The summed E-state index contributed by atoms with van der Waals surface area (Å²) in [7, 11) is 0. The van der Waals surface area contributed by atoms with Crippen LogP contribution in [0.1, 0.15) is 32.6 Å². The van der Waals surface area contributed by atoms with Gasteiger partial charge in [-0.25, -0.2) is 4.79 Å². The van der Waals surface area contributed by atoms with E-state index in [4.69, 9.17) is 61.6 Å². The minimum atomic E-state index is -4.48. The van der Waals surface area contributed by atoms with Gasteiger partial charge in [-0.3, -0.25) is 0 Å². The third-order valence-electron chi connectivity index (χ3n) is 10.9. The number of anilines is 2. The summed E-state index contributed by atoms with van der Waals surface area (Å²) in [5.41, 5.74) is 2.29. The van der Waals surface area contributed by atoms with Crippen LogP contribution in [-0.2, 0) is 73.4 Å². The summed E-state index contributed by atoms with van der Waals surface area (Å²) in [5, 5.41) is 2.86. The van der Waals surface area contributed by atoms with Crippen molar-refractivity contribution in [2.75, 3.05) is 164 Å². The van der Waals surface area contributed by atoms with Crippen molar-refractivity contribution < 1.29 is 79.5 Å². The molecule has 0 unspecified atom stereocenters. The van der Waals surface area contributed by atoms with Gasteiger partial charge in [-0.15, -0.1) is 0 Å². The average Bonchev–Trinajstić information content (AvgIpc) is 3.43. The summed E-state index contributed by atoms with van der Waals surface area (Å²) in [6.07, 6.45) is -4.48. The Hall–Kier alpha value is -5.32. The lowest BCUT2D eigenvalue weighted by Crippen LogP contribution is -2.34. The Morgan fingerprint density at radius 2 is 0.653 bits per heavy atom. The SMILES string of the molecule is O=C(OCCOCCOCCOCCOCCOCCOCCOCCOCCOCCOCCOCCOC(c1ccccc1)(c1ccccc1)c1ccccc1)c1ccccc1Nc1cccc(C(F)(F)F)c1. The molecule has 0 aliphatic carbocycles. The molecule has 5 aromatic rings. The van der Waals surface area contributed by atoms with Crippen molar-refractivity contribution >= 4 is 17.3 Å². The predicted octanol–water partition coefficient (Wildman–Crippen LogP) is 8.80. The first-order chi connectivity index (χ1) is 36.9. The first-order valence-electron chi connectivity index (χ1n) is 25.2. The standard InChI is InChI=1S/C57H72F3NO14/c58-57(59,60)51-19-12-20-52(47-51)61-54-22-11-10-21-53(54)55(62)74-45-43-72-41-39-70-37-35-68-33-31-66-29-27-64-25-23-63-24-26-65-28-30-67-32-34-69-36-38-71-40-42-73-44-46-75-56(48-13-4-1-5-14-48,49-15-6-2-7-16-49)50-17-8-3-9-18-50/h1-22,47,61H,23-46H2. The van der Waals surface area contributed by atoms with Gasteiger partial charge in [-0.05, 0) is 47.0 Å². The largest absolute Gasteiger partial charge is 0.460 e. The Kier molecular flexibility index (Phi) is 30.2. The smallest absolute Gasteiger partial charge is 0.416 e. The van der Waals surface area contributed by atoms with Crippen LogP contribution in [0, 0.1) is 0 Å². The van der Waals surface area contributed by atoms with Gasteiger partial charge in [0.1, 0.15) is 12.2 Å². The van der Waals surface area contributed by atoms with E-state index in [1.165, 1.54) is 18.2 Å². The Bertz CT molecular complexity index is 2120. The second kappa shape index (κ2) is 37.4. The molecule has 15 nitrogen and oxygen atoms in total. The molecular weight excluding hydrogens is 980 g/mol. The molecule has 0 atom stereocenters. The molecule has 0 heterocycles. The Morgan fingerprint density at radius 1 is 0.347 bits per heavy atom. The van der Waals surface area contributed by atoms with Crippen LogP contribution in [-0.4, -0.2) is 165 Å². The van der Waals surface area contributed by atoms with Gasteiger partial charge in [0.15, 0.2) is 0 Å². The topological polar surface area (TPSA) is 149 Å². The molecule has 18 heteroatoms. The summed E-state index contributed by atoms with van der Waals surface area (Å²) in [4.78, 5) is 12.6. The zero-order valence-corrected chi connectivity index (χ0v) is 42.6. The van der Waals surface area contributed by atoms with Crippen LogP contribution < -0.4 is 5.32 Å². The number of rotatable bonds is 43. The summed E-state index contributed by atoms with van der Waals surface area (Å²) >= 11 is 0. The molecule has 0 spiro atoms. The molecule has 0 aliphatic rings. The Labute approximate surface area is 438 Å². The van der Waals surface area contributed by atoms with Gasteiger partial charge >= 0.3 is 12.1 Å². The summed E-state index contributed by atoms with van der Waals surface area (Å²) in [6.45, 7) is 9.61. The number of nitrogens with one attached hydrogen (secondary N) is 1. The fourth-order valence-electron chi connectivity index (χ4n) is 7.29. The third kappa shape index (κ3) is 24.1. The number of esters is 1. The number of halogens is 3. The van der Waals surface area contributed by atoms with E-state index in [9.17, 15) is 18.0 Å². The van der Waals surface area contributed by atoms with Crippen LogP contribution in [0.25, 0.3) is 0 Å². The van der Waals surface area contributed by atoms with Gasteiger partial charge in [0.25, 0.3) is 0 Å². The van der Waals surface area contributed by atoms with E-state index >= 15 is 0 Å². The van der Waals surface area contributed by atoms with Crippen LogP contribution in [0.4, 0.5) is 24.5 Å². The monoisotopic (exact) mass is 1050 g/mol. The predicted molar refractivity (Wildman–Crippen MR) is 276 cm³/mol. The highest BCUT2D eigenvalue weighted by atomic mass is 19.4. The van der Waals surface area contributed by atoms with E-state index in [0.29, 0.717) is 151 Å². The van der Waals surface area contributed by atoms with Gasteiger partial charge in [0, 0.05) is 5.69 Å². The maximum Gasteiger partial charge on any atom is 0.416 e. The van der Waals surface area contributed by atoms with Crippen LogP contribution >= 0.6 is 0 Å². The van der Waals surface area contributed by atoms with Gasteiger partial charge in [0.2, 0.25) is 0 Å². The van der Waals surface area contributed by atoms with Crippen molar-refractivity contribution in [3.05, 3.63) is 167 Å². The molecule has 1 N–H and O–H groups in total. The van der Waals surface area contributed by atoms with E-state index in [2.05, 4.69) is 41.7 Å². The lowest BCUT2D eigenvalue weighted by atomic mass is 9.80. The van der Waals surface area contributed by atoms with E-state index in [1.807, 2.05) is 54.6 Å². The Balaban J connectivity index is 0.712. The van der Waals surface area contributed by atoms with Gasteiger partial charge in [0.05, 0.1) is 169 Å². The van der Waals surface area contributed by atoms with E-state index in [-0.39, 0.29) is 24.5 Å². The van der Waals surface area contributed by atoms with E-state index < -0.39 is 23.3 Å². The maximum atomic E-state index is 13.1. The minimum Gasteiger partial charge on any atom is -0.460 e. The third-order valence-corrected chi connectivity index (χ3v) is 10.9. The second-order valence-corrected chi connectivity index (χ2v) is 16.2. The van der Waals surface area contributed by atoms with Crippen molar-refractivity contribution in [2.45, 2.75) is 11.8 Å². The first-order valence-corrected chi connectivity index (χ1v) is 25.2. The van der Waals surface area contributed by atoms with Gasteiger partial charge in [-0.1, -0.05) is 109 Å². The van der Waals surface area contributed by atoms with Crippen molar-refractivity contribution in [3.8, 4) is 0 Å². The molecule has 5 rings (SSSR count).